The lowest BCUT2D eigenvalue weighted by atomic mass is 10.1. The van der Waals surface area contributed by atoms with E-state index in [1.807, 2.05) is 24.0 Å². The Balaban J connectivity index is 1.52. The van der Waals surface area contributed by atoms with Crippen molar-refractivity contribution in [1.82, 2.24) is 4.90 Å². The standard InChI is InChI=1S/C19H26N2O3/c1-15(16-7-8-18-17(13-16)9-12-23-18)20-24-14-19(22)21-10-5-3-2-4-6-11-21/h7-8,13H,2-6,9-12,14H2,1H3/b20-15+. The first-order valence-corrected chi connectivity index (χ1v) is 8.94. The van der Waals surface area contributed by atoms with Crippen molar-refractivity contribution in [2.75, 3.05) is 26.3 Å². The van der Waals surface area contributed by atoms with Crippen molar-refractivity contribution in [2.24, 2.45) is 5.16 Å². The van der Waals surface area contributed by atoms with Gasteiger partial charge in [0.05, 0.1) is 12.3 Å². The van der Waals surface area contributed by atoms with Crippen LogP contribution in [0, 0.1) is 0 Å². The van der Waals surface area contributed by atoms with Crippen LogP contribution in [0.2, 0.25) is 0 Å². The molecule has 5 nitrogen and oxygen atoms in total. The summed E-state index contributed by atoms with van der Waals surface area (Å²) in [6, 6.07) is 6.04. The first kappa shape index (κ1) is 16.8. The van der Waals surface area contributed by atoms with Gasteiger partial charge in [-0.1, -0.05) is 24.4 Å². The van der Waals surface area contributed by atoms with Gasteiger partial charge >= 0.3 is 0 Å². The summed E-state index contributed by atoms with van der Waals surface area (Å²) in [5.74, 6) is 0.996. The topological polar surface area (TPSA) is 51.1 Å². The Hall–Kier alpha value is -2.04. The van der Waals surface area contributed by atoms with Crippen molar-refractivity contribution in [1.29, 1.82) is 0 Å². The van der Waals surface area contributed by atoms with Gasteiger partial charge in [0.25, 0.3) is 5.91 Å². The fourth-order valence-electron chi connectivity index (χ4n) is 3.24. The second kappa shape index (κ2) is 8.18. The molecule has 0 saturated carbocycles. The fraction of sp³-hybridized carbons (Fsp3) is 0.579. The van der Waals surface area contributed by atoms with Crippen LogP contribution in [0.1, 0.15) is 50.2 Å². The summed E-state index contributed by atoms with van der Waals surface area (Å²) in [5, 5.41) is 4.12. The summed E-state index contributed by atoms with van der Waals surface area (Å²) in [7, 11) is 0. The number of oxime groups is 1. The molecule has 2 heterocycles. The van der Waals surface area contributed by atoms with Gasteiger partial charge in [-0.25, -0.2) is 0 Å². The highest BCUT2D eigenvalue weighted by Gasteiger charge is 2.16. The average molecular weight is 330 g/mol. The summed E-state index contributed by atoms with van der Waals surface area (Å²) < 4.78 is 5.51. The van der Waals surface area contributed by atoms with Gasteiger partial charge in [-0.05, 0) is 49.1 Å². The lowest BCUT2D eigenvalue weighted by Crippen LogP contribution is -2.36. The molecule has 2 aliphatic rings. The number of rotatable bonds is 4. The highest BCUT2D eigenvalue weighted by Crippen LogP contribution is 2.26. The number of fused-ring (bicyclic) bond motifs is 1. The third-order valence-electron chi connectivity index (χ3n) is 4.71. The van der Waals surface area contributed by atoms with Crippen LogP contribution in [0.5, 0.6) is 5.75 Å². The molecule has 0 N–H and O–H groups in total. The average Bonchev–Trinajstić information content (AvgIpc) is 3.01. The number of nitrogens with zero attached hydrogens (tertiary/aromatic N) is 2. The molecule has 0 aliphatic carbocycles. The summed E-state index contributed by atoms with van der Waals surface area (Å²) in [5.41, 5.74) is 3.00. The van der Waals surface area contributed by atoms with Gasteiger partial charge < -0.3 is 14.5 Å². The van der Waals surface area contributed by atoms with Crippen LogP contribution >= 0.6 is 0 Å². The highest BCUT2D eigenvalue weighted by atomic mass is 16.6. The number of likely N-dealkylation sites (tertiary alicyclic amines) is 1. The predicted octanol–water partition coefficient (Wildman–Crippen LogP) is 3.15. The predicted molar refractivity (Wildman–Crippen MR) is 93.5 cm³/mol. The Labute approximate surface area is 143 Å². The second-order valence-corrected chi connectivity index (χ2v) is 6.52. The zero-order valence-electron chi connectivity index (χ0n) is 14.4. The minimum atomic E-state index is 0.0192. The lowest BCUT2D eigenvalue weighted by molar-refractivity contribution is -0.136. The van der Waals surface area contributed by atoms with Crippen LogP contribution in [0.4, 0.5) is 0 Å². The molecule has 0 radical (unpaired) electrons. The number of hydrogen-bond donors (Lipinski definition) is 0. The van der Waals surface area contributed by atoms with E-state index in [1.54, 1.807) is 0 Å². The Morgan fingerprint density at radius 2 is 1.96 bits per heavy atom. The van der Waals surface area contributed by atoms with E-state index in [0.717, 1.165) is 56.0 Å². The largest absolute Gasteiger partial charge is 0.493 e. The molecule has 0 aromatic heterocycles. The molecule has 5 heteroatoms. The van der Waals surface area contributed by atoms with E-state index in [4.69, 9.17) is 9.57 Å². The van der Waals surface area contributed by atoms with Crippen molar-refractivity contribution < 1.29 is 14.4 Å². The molecule has 1 aromatic carbocycles. The van der Waals surface area contributed by atoms with Gasteiger partial charge in [0, 0.05) is 19.5 Å². The molecule has 0 unspecified atom stereocenters. The van der Waals surface area contributed by atoms with Gasteiger partial charge in [0.15, 0.2) is 6.61 Å². The number of benzene rings is 1. The first-order chi connectivity index (χ1) is 11.7. The number of ether oxygens (including phenoxy) is 1. The van der Waals surface area contributed by atoms with E-state index in [9.17, 15) is 4.79 Å². The third-order valence-corrected chi connectivity index (χ3v) is 4.71. The van der Waals surface area contributed by atoms with E-state index in [1.165, 1.54) is 24.8 Å². The van der Waals surface area contributed by atoms with Crippen LogP contribution in [-0.4, -0.2) is 42.8 Å². The van der Waals surface area contributed by atoms with E-state index >= 15 is 0 Å². The maximum absolute atomic E-state index is 12.2. The molecule has 1 aromatic rings. The van der Waals surface area contributed by atoms with E-state index < -0.39 is 0 Å². The van der Waals surface area contributed by atoms with Crippen molar-refractivity contribution in [2.45, 2.75) is 45.4 Å². The Bertz CT molecular complexity index is 605. The molecule has 1 fully saturated rings. The van der Waals surface area contributed by atoms with Crippen LogP contribution in [-0.2, 0) is 16.1 Å². The molecular formula is C19H26N2O3. The highest BCUT2D eigenvalue weighted by molar-refractivity contribution is 5.98. The molecular weight excluding hydrogens is 304 g/mol. The SMILES string of the molecule is C/C(=N\OCC(=O)N1CCCCCCC1)c1ccc2c(c1)CCO2. The van der Waals surface area contributed by atoms with Gasteiger partial charge in [0.2, 0.25) is 0 Å². The van der Waals surface area contributed by atoms with Gasteiger partial charge in [-0.15, -0.1) is 0 Å². The van der Waals surface area contributed by atoms with Crippen LogP contribution < -0.4 is 4.74 Å². The van der Waals surface area contributed by atoms with Gasteiger partial charge in [-0.3, -0.25) is 4.79 Å². The van der Waals surface area contributed by atoms with Crippen molar-refractivity contribution in [3.05, 3.63) is 29.3 Å². The summed E-state index contributed by atoms with van der Waals surface area (Å²) in [4.78, 5) is 19.5. The quantitative estimate of drug-likeness (QED) is 0.629. The molecule has 1 saturated heterocycles. The number of amides is 1. The third kappa shape index (κ3) is 4.28. The smallest absolute Gasteiger partial charge is 0.263 e. The van der Waals surface area contributed by atoms with Gasteiger partial charge in [0.1, 0.15) is 5.75 Å². The van der Waals surface area contributed by atoms with E-state index in [0.29, 0.717) is 0 Å². The van der Waals surface area contributed by atoms with Crippen LogP contribution in [0.3, 0.4) is 0 Å². The summed E-state index contributed by atoms with van der Waals surface area (Å²) in [6.45, 7) is 4.35. The molecule has 0 atom stereocenters. The lowest BCUT2D eigenvalue weighted by Gasteiger charge is -2.24. The summed E-state index contributed by atoms with van der Waals surface area (Å²) in [6.07, 6.45) is 6.82. The monoisotopic (exact) mass is 330 g/mol. The Kier molecular flexibility index (Phi) is 5.72. The van der Waals surface area contributed by atoms with Crippen LogP contribution in [0.15, 0.2) is 23.4 Å². The Morgan fingerprint density at radius 1 is 1.21 bits per heavy atom. The molecule has 0 bridgehead atoms. The molecule has 3 rings (SSSR count). The second-order valence-electron chi connectivity index (χ2n) is 6.52. The van der Waals surface area contributed by atoms with Crippen molar-refractivity contribution in [3.63, 3.8) is 0 Å². The number of carbonyl (C=O) groups excluding carboxylic acids is 1. The maximum Gasteiger partial charge on any atom is 0.263 e. The van der Waals surface area contributed by atoms with Crippen molar-refractivity contribution >= 4 is 11.6 Å². The van der Waals surface area contributed by atoms with E-state index in [2.05, 4.69) is 11.2 Å². The molecule has 1 amide bonds. The fourth-order valence-corrected chi connectivity index (χ4v) is 3.24. The maximum atomic E-state index is 12.2. The number of carbonyl (C=O) groups is 1. The molecule has 0 spiro atoms. The zero-order chi connectivity index (χ0) is 16.8. The Morgan fingerprint density at radius 3 is 2.75 bits per heavy atom. The molecule has 130 valence electrons. The first-order valence-electron chi connectivity index (χ1n) is 8.94. The van der Waals surface area contributed by atoms with E-state index in [-0.39, 0.29) is 12.5 Å². The number of hydrogen-bond acceptors (Lipinski definition) is 4. The summed E-state index contributed by atoms with van der Waals surface area (Å²) >= 11 is 0. The normalized spacial score (nSPS) is 18.4. The minimum Gasteiger partial charge on any atom is -0.493 e. The molecule has 24 heavy (non-hydrogen) atoms. The van der Waals surface area contributed by atoms with Gasteiger partial charge in [-0.2, -0.15) is 0 Å². The van der Waals surface area contributed by atoms with Crippen molar-refractivity contribution in [3.8, 4) is 5.75 Å². The minimum absolute atomic E-state index is 0.0192. The van der Waals surface area contributed by atoms with Crippen LogP contribution in [0.25, 0.3) is 0 Å². The molecule has 2 aliphatic heterocycles. The zero-order valence-corrected chi connectivity index (χ0v) is 14.4.